The lowest BCUT2D eigenvalue weighted by Crippen LogP contribution is -2.13. The molecule has 138 valence electrons. The highest BCUT2D eigenvalue weighted by molar-refractivity contribution is 7.93. The molecule has 2 aromatic carbocycles. The van der Waals surface area contributed by atoms with Crippen molar-refractivity contribution in [2.24, 2.45) is 0 Å². The second-order valence-electron chi connectivity index (χ2n) is 5.38. The molecule has 1 heterocycles. The van der Waals surface area contributed by atoms with Gasteiger partial charge in [-0.05, 0) is 42.8 Å². The smallest absolute Gasteiger partial charge is 0.263 e. The fourth-order valence-corrected chi connectivity index (χ4v) is 3.94. The SMILES string of the molecule is COc1ccc(C)cc1Oc1ccc(S(=O)(=O)Nc2nncs2)cc1C#N. The van der Waals surface area contributed by atoms with E-state index in [2.05, 4.69) is 14.9 Å². The number of benzene rings is 2. The maximum Gasteiger partial charge on any atom is 0.263 e. The summed E-state index contributed by atoms with van der Waals surface area (Å²) in [7, 11) is -2.39. The van der Waals surface area contributed by atoms with Gasteiger partial charge in [0.1, 0.15) is 17.3 Å². The molecule has 0 bridgehead atoms. The van der Waals surface area contributed by atoms with Gasteiger partial charge in [0.25, 0.3) is 10.0 Å². The highest BCUT2D eigenvalue weighted by Crippen LogP contribution is 2.34. The van der Waals surface area contributed by atoms with E-state index < -0.39 is 10.0 Å². The molecular weight excluding hydrogens is 388 g/mol. The number of anilines is 1. The zero-order valence-corrected chi connectivity index (χ0v) is 16.0. The van der Waals surface area contributed by atoms with Crippen LogP contribution in [0, 0.1) is 18.3 Å². The van der Waals surface area contributed by atoms with Crippen molar-refractivity contribution in [2.75, 3.05) is 11.8 Å². The molecule has 0 radical (unpaired) electrons. The van der Waals surface area contributed by atoms with E-state index in [1.165, 1.54) is 30.8 Å². The van der Waals surface area contributed by atoms with E-state index in [1.807, 2.05) is 19.1 Å². The molecular formula is C17H14N4O4S2. The van der Waals surface area contributed by atoms with Gasteiger partial charge in [0.05, 0.1) is 17.6 Å². The molecule has 0 aliphatic heterocycles. The molecule has 1 N–H and O–H groups in total. The number of nitriles is 1. The highest BCUT2D eigenvalue weighted by Gasteiger charge is 2.19. The minimum Gasteiger partial charge on any atom is -0.493 e. The monoisotopic (exact) mass is 402 g/mol. The molecule has 3 rings (SSSR count). The van der Waals surface area contributed by atoms with Crippen LogP contribution in [0.3, 0.4) is 0 Å². The van der Waals surface area contributed by atoms with Crippen LogP contribution < -0.4 is 14.2 Å². The topological polar surface area (TPSA) is 114 Å². The minimum atomic E-state index is -3.90. The van der Waals surface area contributed by atoms with Crippen molar-refractivity contribution in [1.29, 1.82) is 5.26 Å². The maximum atomic E-state index is 12.4. The van der Waals surface area contributed by atoms with Gasteiger partial charge in [-0.1, -0.05) is 17.4 Å². The Labute approximate surface area is 160 Å². The number of aryl methyl sites for hydroxylation is 1. The first-order valence-electron chi connectivity index (χ1n) is 7.58. The van der Waals surface area contributed by atoms with Crippen molar-refractivity contribution in [1.82, 2.24) is 10.2 Å². The maximum absolute atomic E-state index is 12.4. The number of methoxy groups -OCH3 is 1. The van der Waals surface area contributed by atoms with E-state index in [1.54, 1.807) is 12.1 Å². The van der Waals surface area contributed by atoms with Crippen LogP contribution in [0.4, 0.5) is 5.13 Å². The molecule has 0 unspecified atom stereocenters. The third-order valence-electron chi connectivity index (χ3n) is 3.50. The number of hydrogen-bond donors (Lipinski definition) is 1. The number of sulfonamides is 1. The Bertz CT molecular complexity index is 1110. The van der Waals surface area contributed by atoms with Gasteiger partial charge in [-0.25, -0.2) is 8.42 Å². The molecule has 0 amide bonds. The highest BCUT2D eigenvalue weighted by atomic mass is 32.2. The summed E-state index contributed by atoms with van der Waals surface area (Å²) in [4.78, 5) is -0.0854. The fourth-order valence-electron chi connectivity index (χ4n) is 2.23. The predicted molar refractivity (Wildman–Crippen MR) is 99.7 cm³/mol. The van der Waals surface area contributed by atoms with Crippen LogP contribution in [-0.2, 0) is 10.0 Å². The van der Waals surface area contributed by atoms with E-state index >= 15 is 0 Å². The number of nitrogens with one attached hydrogen (secondary N) is 1. The van der Waals surface area contributed by atoms with Crippen LogP contribution in [0.5, 0.6) is 17.2 Å². The summed E-state index contributed by atoms with van der Waals surface area (Å²) in [6.45, 7) is 1.90. The Hall–Kier alpha value is -3.16. The molecule has 3 aromatic rings. The second kappa shape index (κ2) is 7.61. The molecule has 1 aromatic heterocycles. The summed E-state index contributed by atoms with van der Waals surface area (Å²) < 4.78 is 38.2. The lowest BCUT2D eigenvalue weighted by Gasteiger charge is -2.13. The molecule has 0 aliphatic rings. The zero-order valence-electron chi connectivity index (χ0n) is 14.3. The van der Waals surface area contributed by atoms with Crippen LogP contribution in [-0.4, -0.2) is 25.7 Å². The standard InChI is InChI=1S/C17H14N4O4S2/c1-11-3-5-15(24-2)16(7-11)25-14-6-4-13(8-12(14)9-18)27(22,23)21-17-20-19-10-26-17/h3-8,10H,1-2H3,(H,20,21). The number of hydrogen-bond acceptors (Lipinski definition) is 8. The number of ether oxygens (including phenoxy) is 2. The van der Waals surface area contributed by atoms with E-state index in [-0.39, 0.29) is 21.3 Å². The summed E-state index contributed by atoms with van der Waals surface area (Å²) in [5, 5.41) is 16.8. The van der Waals surface area contributed by atoms with E-state index in [0.717, 1.165) is 16.9 Å². The van der Waals surface area contributed by atoms with Crippen molar-refractivity contribution in [3.63, 3.8) is 0 Å². The van der Waals surface area contributed by atoms with Gasteiger partial charge in [-0.15, -0.1) is 10.2 Å². The molecule has 0 saturated heterocycles. The van der Waals surface area contributed by atoms with Gasteiger partial charge in [-0.3, -0.25) is 4.72 Å². The van der Waals surface area contributed by atoms with E-state index in [4.69, 9.17) is 9.47 Å². The van der Waals surface area contributed by atoms with Crippen LogP contribution in [0.2, 0.25) is 0 Å². The first kappa shape index (κ1) is 18.6. The molecule has 27 heavy (non-hydrogen) atoms. The summed E-state index contributed by atoms with van der Waals surface area (Å²) in [6.07, 6.45) is 0. The van der Waals surface area contributed by atoms with Crippen molar-refractivity contribution >= 4 is 26.5 Å². The summed E-state index contributed by atoms with van der Waals surface area (Å²) in [5.74, 6) is 1.15. The average molecular weight is 402 g/mol. The lowest BCUT2D eigenvalue weighted by atomic mass is 10.2. The molecule has 0 saturated carbocycles. The van der Waals surface area contributed by atoms with Crippen molar-refractivity contribution in [2.45, 2.75) is 11.8 Å². The largest absolute Gasteiger partial charge is 0.493 e. The first-order valence-corrected chi connectivity index (χ1v) is 9.95. The number of nitrogens with zero attached hydrogens (tertiary/aromatic N) is 3. The third kappa shape index (κ3) is 4.16. The zero-order chi connectivity index (χ0) is 19.4. The Balaban J connectivity index is 1.94. The van der Waals surface area contributed by atoms with Gasteiger partial charge >= 0.3 is 0 Å². The predicted octanol–water partition coefficient (Wildman–Crippen LogP) is 3.32. The molecule has 0 aliphatic carbocycles. The Morgan fingerprint density at radius 2 is 1.93 bits per heavy atom. The van der Waals surface area contributed by atoms with Crippen LogP contribution >= 0.6 is 11.3 Å². The Morgan fingerprint density at radius 1 is 1.15 bits per heavy atom. The van der Waals surface area contributed by atoms with Crippen LogP contribution in [0.1, 0.15) is 11.1 Å². The van der Waals surface area contributed by atoms with Crippen LogP contribution in [0.15, 0.2) is 46.8 Å². The number of aromatic nitrogens is 2. The van der Waals surface area contributed by atoms with Gasteiger partial charge in [0, 0.05) is 0 Å². The summed E-state index contributed by atoms with van der Waals surface area (Å²) in [6, 6.07) is 11.4. The van der Waals surface area contributed by atoms with Gasteiger partial charge in [0.15, 0.2) is 11.5 Å². The normalized spacial score (nSPS) is 10.9. The molecule has 0 spiro atoms. The number of rotatable bonds is 6. The van der Waals surface area contributed by atoms with Crippen LogP contribution in [0.25, 0.3) is 0 Å². The van der Waals surface area contributed by atoms with E-state index in [9.17, 15) is 13.7 Å². The average Bonchev–Trinajstić information content (AvgIpc) is 3.14. The molecule has 8 nitrogen and oxygen atoms in total. The Morgan fingerprint density at radius 3 is 2.59 bits per heavy atom. The minimum absolute atomic E-state index is 0.0682. The first-order chi connectivity index (χ1) is 12.9. The van der Waals surface area contributed by atoms with Crippen molar-refractivity contribution < 1.29 is 17.9 Å². The van der Waals surface area contributed by atoms with Gasteiger partial charge in [-0.2, -0.15) is 5.26 Å². The second-order valence-corrected chi connectivity index (χ2v) is 7.89. The Kier molecular flexibility index (Phi) is 5.25. The quantitative estimate of drug-likeness (QED) is 0.672. The fraction of sp³-hybridized carbons (Fsp3) is 0.118. The van der Waals surface area contributed by atoms with Gasteiger partial charge < -0.3 is 9.47 Å². The summed E-state index contributed by atoms with van der Waals surface area (Å²) >= 11 is 1.05. The lowest BCUT2D eigenvalue weighted by molar-refractivity contribution is 0.378. The van der Waals surface area contributed by atoms with E-state index in [0.29, 0.717) is 11.5 Å². The van der Waals surface area contributed by atoms with Crippen molar-refractivity contribution in [3.8, 4) is 23.3 Å². The third-order valence-corrected chi connectivity index (χ3v) is 5.58. The molecule has 0 fully saturated rings. The van der Waals surface area contributed by atoms with Gasteiger partial charge in [0.2, 0.25) is 5.13 Å². The van der Waals surface area contributed by atoms with Crippen molar-refractivity contribution in [3.05, 3.63) is 53.0 Å². The summed E-state index contributed by atoms with van der Waals surface area (Å²) in [5.41, 5.74) is 2.42. The molecule has 10 heteroatoms. The molecule has 0 atom stereocenters.